The van der Waals surface area contributed by atoms with Crippen LogP contribution in [0.5, 0.6) is 0 Å². The minimum atomic E-state index is -3.65. The molecule has 5 nitrogen and oxygen atoms in total. The molecular formula is C11H16ClN3O2S2. The van der Waals surface area contributed by atoms with Gasteiger partial charge in [0.2, 0.25) is 0 Å². The fourth-order valence-corrected chi connectivity index (χ4v) is 4.66. The van der Waals surface area contributed by atoms with Crippen LogP contribution in [0.15, 0.2) is 16.6 Å². The summed E-state index contributed by atoms with van der Waals surface area (Å²) in [4.78, 5) is 4.64. The molecule has 0 aliphatic carbocycles. The fraction of sp³-hybridized carbons (Fsp3) is 0.545. The van der Waals surface area contributed by atoms with Crippen molar-refractivity contribution in [3.8, 4) is 0 Å². The SMILES string of the molecule is CN(CC(C)(C)C)S(=O)(=O)c1c(Cl)nc2sccn12. The van der Waals surface area contributed by atoms with Gasteiger partial charge in [-0.1, -0.05) is 32.4 Å². The van der Waals surface area contributed by atoms with Crippen molar-refractivity contribution in [3.63, 3.8) is 0 Å². The Kier molecular flexibility index (Phi) is 3.68. The van der Waals surface area contributed by atoms with Crippen molar-refractivity contribution in [2.45, 2.75) is 25.8 Å². The number of aromatic nitrogens is 2. The highest BCUT2D eigenvalue weighted by Gasteiger charge is 2.31. The lowest BCUT2D eigenvalue weighted by Crippen LogP contribution is -2.35. The summed E-state index contributed by atoms with van der Waals surface area (Å²) < 4.78 is 28.0. The molecule has 0 radical (unpaired) electrons. The van der Waals surface area contributed by atoms with E-state index in [1.54, 1.807) is 18.6 Å². The van der Waals surface area contributed by atoms with Crippen molar-refractivity contribution in [1.82, 2.24) is 13.7 Å². The average Bonchev–Trinajstić information content (AvgIpc) is 2.73. The molecule has 2 aromatic heterocycles. The smallest absolute Gasteiger partial charge is 0.262 e. The van der Waals surface area contributed by atoms with E-state index in [1.807, 2.05) is 20.8 Å². The highest BCUT2D eigenvalue weighted by atomic mass is 35.5. The maximum absolute atomic E-state index is 12.6. The normalized spacial score (nSPS) is 13.6. The molecule has 19 heavy (non-hydrogen) atoms. The number of rotatable bonds is 3. The molecule has 0 fully saturated rings. The van der Waals surface area contributed by atoms with Crippen molar-refractivity contribution in [2.75, 3.05) is 13.6 Å². The molecule has 0 unspecified atom stereocenters. The Hall–Kier alpha value is -0.630. The van der Waals surface area contributed by atoms with Gasteiger partial charge in [0.05, 0.1) is 0 Å². The molecule has 0 amide bonds. The number of hydrogen-bond donors (Lipinski definition) is 0. The summed E-state index contributed by atoms with van der Waals surface area (Å²) in [6.07, 6.45) is 1.66. The number of sulfonamides is 1. The van der Waals surface area contributed by atoms with Gasteiger partial charge in [-0.15, -0.1) is 11.3 Å². The van der Waals surface area contributed by atoms with Crippen molar-refractivity contribution >= 4 is 37.9 Å². The van der Waals surface area contributed by atoms with Gasteiger partial charge in [-0.05, 0) is 5.41 Å². The third kappa shape index (κ3) is 2.79. The molecule has 0 N–H and O–H groups in total. The first kappa shape index (κ1) is 14.8. The maximum atomic E-state index is 12.6. The van der Waals surface area contributed by atoms with Gasteiger partial charge in [-0.2, -0.15) is 4.31 Å². The van der Waals surface area contributed by atoms with E-state index in [1.165, 1.54) is 20.0 Å². The summed E-state index contributed by atoms with van der Waals surface area (Å²) in [7, 11) is -2.09. The number of thiazole rings is 1. The van der Waals surface area contributed by atoms with Gasteiger partial charge < -0.3 is 0 Å². The second-order valence-corrected chi connectivity index (χ2v) is 8.78. The lowest BCUT2D eigenvalue weighted by Gasteiger charge is -2.25. The van der Waals surface area contributed by atoms with Crippen LogP contribution in [0.2, 0.25) is 5.15 Å². The molecule has 106 valence electrons. The predicted molar refractivity (Wildman–Crippen MR) is 77.3 cm³/mol. The van der Waals surface area contributed by atoms with E-state index in [-0.39, 0.29) is 15.6 Å². The van der Waals surface area contributed by atoms with E-state index in [0.717, 1.165) is 0 Å². The number of imidazole rings is 1. The van der Waals surface area contributed by atoms with Crippen molar-refractivity contribution in [2.24, 2.45) is 5.41 Å². The first-order valence-corrected chi connectivity index (χ1v) is 8.40. The van der Waals surface area contributed by atoms with E-state index >= 15 is 0 Å². The van der Waals surface area contributed by atoms with E-state index in [0.29, 0.717) is 11.5 Å². The molecule has 0 bridgehead atoms. The summed E-state index contributed by atoms with van der Waals surface area (Å²) in [5, 5.41) is 1.84. The van der Waals surface area contributed by atoms with Crippen molar-refractivity contribution < 1.29 is 8.42 Å². The predicted octanol–water partition coefficient (Wildman–Crippen LogP) is 2.72. The second-order valence-electron chi connectivity index (χ2n) is 5.59. The molecular weight excluding hydrogens is 306 g/mol. The molecule has 2 aromatic rings. The van der Waals surface area contributed by atoms with Crippen LogP contribution in [0.1, 0.15) is 20.8 Å². The maximum Gasteiger partial charge on any atom is 0.262 e. The van der Waals surface area contributed by atoms with Crippen molar-refractivity contribution in [1.29, 1.82) is 0 Å². The van der Waals surface area contributed by atoms with Crippen LogP contribution in [0.25, 0.3) is 4.96 Å². The molecule has 2 rings (SSSR count). The molecule has 0 saturated heterocycles. The zero-order valence-corrected chi connectivity index (χ0v) is 13.6. The molecule has 0 aromatic carbocycles. The van der Waals surface area contributed by atoms with Gasteiger partial charge in [-0.3, -0.25) is 4.40 Å². The molecule has 0 saturated carbocycles. The Morgan fingerprint density at radius 2 is 2.11 bits per heavy atom. The van der Waals surface area contributed by atoms with E-state index < -0.39 is 10.0 Å². The molecule has 2 heterocycles. The first-order valence-electron chi connectivity index (χ1n) is 5.70. The standard InChI is InChI=1S/C11H16ClN3O2S2/c1-11(2,3)7-14(4)19(16,17)9-8(12)13-10-15(9)5-6-18-10/h5-6H,7H2,1-4H3. The number of nitrogens with zero attached hydrogens (tertiary/aromatic N) is 3. The quantitative estimate of drug-likeness (QED) is 0.873. The van der Waals surface area contributed by atoms with Gasteiger partial charge in [0.15, 0.2) is 15.1 Å². The highest BCUT2D eigenvalue weighted by Crippen LogP contribution is 2.28. The van der Waals surface area contributed by atoms with Crippen LogP contribution in [-0.4, -0.2) is 35.7 Å². The van der Waals surface area contributed by atoms with Crippen LogP contribution >= 0.6 is 22.9 Å². The topological polar surface area (TPSA) is 54.7 Å². The molecule has 0 spiro atoms. The Morgan fingerprint density at radius 3 is 2.68 bits per heavy atom. The van der Waals surface area contributed by atoms with E-state index in [2.05, 4.69) is 4.98 Å². The highest BCUT2D eigenvalue weighted by molar-refractivity contribution is 7.89. The second kappa shape index (κ2) is 4.73. The molecule has 0 aliphatic heterocycles. The minimum Gasteiger partial charge on any atom is -0.279 e. The Bertz CT molecular complexity index is 697. The zero-order chi connectivity index (χ0) is 14.4. The van der Waals surface area contributed by atoms with Crippen LogP contribution in [0.3, 0.4) is 0 Å². The summed E-state index contributed by atoms with van der Waals surface area (Å²) in [5.41, 5.74) is -0.132. The van der Waals surface area contributed by atoms with Crippen LogP contribution in [0.4, 0.5) is 0 Å². The van der Waals surface area contributed by atoms with Crippen LogP contribution in [-0.2, 0) is 10.0 Å². The average molecular weight is 322 g/mol. The summed E-state index contributed by atoms with van der Waals surface area (Å²) in [6, 6.07) is 0. The Labute approximate surface area is 121 Å². The summed E-state index contributed by atoms with van der Waals surface area (Å²) in [6.45, 7) is 6.36. The number of halogens is 1. The van der Waals surface area contributed by atoms with Gasteiger partial charge in [0.1, 0.15) is 0 Å². The third-order valence-corrected chi connectivity index (χ3v) is 5.49. The number of fused-ring (bicyclic) bond motifs is 1. The van der Waals surface area contributed by atoms with E-state index in [9.17, 15) is 8.42 Å². The zero-order valence-electron chi connectivity index (χ0n) is 11.2. The summed E-state index contributed by atoms with van der Waals surface area (Å²) in [5.74, 6) is 0. The Morgan fingerprint density at radius 1 is 1.47 bits per heavy atom. The summed E-state index contributed by atoms with van der Waals surface area (Å²) >= 11 is 7.33. The third-order valence-electron chi connectivity index (χ3n) is 2.53. The van der Waals surface area contributed by atoms with Crippen LogP contribution in [0, 0.1) is 5.41 Å². The first-order chi connectivity index (χ1) is 8.63. The fourth-order valence-electron chi connectivity index (χ4n) is 1.87. The van der Waals surface area contributed by atoms with Gasteiger partial charge in [0.25, 0.3) is 10.0 Å². The molecule has 0 atom stereocenters. The van der Waals surface area contributed by atoms with Gasteiger partial charge in [0, 0.05) is 25.2 Å². The lowest BCUT2D eigenvalue weighted by atomic mass is 9.97. The van der Waals surface area contributed by atoms with Gasteiger partial charge in [-0.25, -0.2) is 13.4 Å². The van der Waals surface area contributed by atoms with Crippen molar-refractivity contribution in [3.05, 3.63) is 16.7 Å². The van der Waals surface area contributed by atoms with Crippen LogP contribution < -0.4 is 0 Å². The van der Waals surface area contributed by atoms with E-state index in [4.69, 9.17) is 11.6 Å². The monoisotopic (exact) mass is 321 g/mol. The van der Waals surface area contributed by atoms with Gasteiger partial charge >= 0.3 is 0 Å². The molecule has 0 aliphatic rings. The minimum absolute atomic E-state index is 0.0209. The largest absolute Gasteiger partial charge is 0.279 e. The Balaban J connectivity index is 2.50. The molecule has 8 heteroatoms. The lowest BCUT2D eigenvalue weighted by molar-refractivity contribution is 0.310. The number of hydrogen-bond acceptors (Lipinski definition) is 4.